The van der Waals surface area contributed by atoms with Crippen molar-refractivity contribution in [1.82, 2.24) is 15.5 Å². The molecule has 0 unspecified atom stereocenters. The molecule has 1 aliphatic rings. The van der Waals surface area contributed by atoms with Crippen molar-refractivity contribution in [3.8, 4) is 0 Å². The fraction of sp³-hybridized carbons (Fsp3) is 0.667. The quantitative estimate of drug-likeness (QED) is 0.479. The van der Waals surface area contributed by atoms with Gasteiger partial charge in [0.1, 0.15) is 6.61 Å². The summed E-state index contributed by atoms with van der Waals surface area (Å²) < 4.78 is 41.0. The molecule has 29 heavy (non-hydrogen) atoms. The molecule has 1 aromatic rings. The number of ether oxygens (including phenoxy) is 1. The first kappa shape index (κ1) is 23.5. The van der Waals surface area contributed by atoms with E-state index in [9.17, 15) is 13.2 Å². The number of nitrogens with one attached hydrogen (secondary N) is 2. The lowest BCUT2D eigenvalue weighted by Crippen LogP contribution is -2.39. The van der Waals surface area contributed by atoms with Gasteiger partial charge in [0.15, 0.2) is 5.96 Å². The Morgan fingerprint density at radius 1 is 1.14 bits per heavy atom. The van der Waals surface area contributed by atoms with Crippen LogP contribution in [0.25, 0.3) is 0 Å². The third-order valence-electron chi connectivity index (χ3n) is 5.00. The van der Waals surface area contributed by atoms with Gasteiger partial charge in [0.25, 0.3) is 0 Å². The van der Waals surface area contributed by atoms with E-state index in [4.69, 9.17) is 0 Å². The van der Waals surface area contributed by atoms with Gasteiger partial charge in [0.2, 0.25) is 0 Å². The maximum atomic E-state index is 12.1. The number of alkyl halides is 3. The topological polar surface area (TPSA) is 48.9 Å². The highest BCUT2D eigenvalue weighted by atomic mass is 19.4. The van der Waals surface area contributed by atoms with E-state index in [0.29, 0.717) is 12.1 Å². The van der Waals surface area contributed by atoms with Gasteiger partial charge < -0.3 is 20.3 Å². The van der Waals surface area contributed by atoms with Gasteiger partial charge in [0.05, 0.1) is 13.2 Å². The number of halogens is 3. The Morgan fingerprint density at radius 3 is 2.41 bits per heavy atom. The summed E-state index contributed by atoms with van der Waals surface area (Å²) in [5.74, 6) is 1.56. The summed E-state index contributed by atoms with van der Waals surface area (Å²) in [6, 6.07) is 7.30. The SMILES string of the molecule is CCNC(=NCc1ccc(COCC(F)(F)F)cc1)NCCC1CCN(C)CC1. The Labute approximate surface area is 171 Å². The van der Waals surface area contributed by atoms with E-state index < -0.39 is 12.8 Å². The fourth-order valence-electron chi connectivity index (χ4n) is 3.28. The van der Waals surface area contributed by atoms with Crippen LogP contribution >= 0.6 is 0 Å². The van der Waals surface area contributed by atoms with Crippen LogP contribution in [0.3, 0.4) is 0 Å². The number of aliphatic imine (C=N–C) groups is 1. The van der Waals surface area contributed by atoms with Gasteiger partial charge in [-0.2, -0.15) is 13.2 Å². The molecule has 0 bridgehead atoms. The van der Waals surface area contributed by atoms with Crippen molar-refractivity contribution >= 4 is 5.96 Å². The summed E-state index contributed by atoms with van der Waals surface area (Å²) in [5.41, 5.74) is 1.71. The van der Waals surface area contributed by atoms with E-state index in [1.54, 1.807) is 12.1 Å². The Hall–Kier alpha value is -1.80. The Bertz CT molecular complexity index is 611. The second-order valence-corrected chi connectivity index (χ2v) is 7.58. The fourth-order valence-corrected chi connectivity index (χ4v) is 3.28. The van der Waals surface area contributed by atoms with Crippen molar-refractivity contribution in [1.29, 1.82) is 0 Å². The van der Waals surface area contributed by atoms with Crippen molar-refractivity contribution in [2.24, 2.45) is 10.9 Å². The number of piperidine rings is 1. The first-order valence-corrected chi connectivity index (χ1v) is 10.3. The van der Waals surface area contributed by atoms with Gasteiger partial charge in [0, 0.05) is 13.1 Å². The molecule has 8 heteroatoms. The van der Waals surface area contributed by atoms with Gasteiger partial charge in [-0.15, -0.1) is 0 Å². The molecule has 2 rings (SSSR count). The third-order valence-corrected chi connectivity index (χ3v) is 5.00. The molecule has 5 nitrogen and oxygen atoms in total. The lowest BCUT2D eigenvalue weighted by atomic mass is 9.94. The Balaban J connectivity index is 1.75. The number of rotatable bonds is 9. The average Bonchev–Trinajstić information content (AvgIpc) is 2.68. The highest BCUT2D eigenvalue weighted by Gasteiger charge is 2.27. The van der Waals surface area contributed by atoms with E-state index in [2.05, 4.69) is 32.3 Å². The molecule has 0 aliphatic carbocycles. The second-order valence-electron chi connectivity index (χ2n) is 7.58. The van der Waals surface area contributed by atoms with Crippen LogP contribution in [0.15, 0.2) is 29.3 Å². The second kappa shape index (κ2) is 12.0. The molecule has 0 atom stereocenters. The largest absolute Gasteiger partial charge is 0.411 e. The third kappa shape index (κ3) is 9.99. The summed E-state index contributed by atoms with van der Waals surface area (Å²) in [4.78, 5) is 6.99. The zero-order valence-corrected chi connectivity index (χ0v) is 17.4. The molecule has 1 aromatic carbocycles. The lowest BCUT2D eigenvalue weighted by molar-refractivity contribution is -0.176. The van der Waals surface area contributed by atoms with Gasteiger partial charge in [-0.3, -0.25) is 0 Å². The van der Waals surface area contributed by atoms with Gasteiger partial charge in [-0.05, 0) is 63.4 Å². The van der Waals surface area contributed by atoms with E-state index in [-0.39, 0.29) is 6.61 Å². The minimum atomic E-state index is -4.29. The molecule has 1 saturated heterocycles. The van der Waals surface area contributed by atoms with Crippen molar-refractivity contribution in [2.45, 2.75) is 45.5 Å². The van der Waals surface area contributed by atoms with Gasteiger partial charge in [-0.25, -0.2) is 4.99 Å². The summed E-state index contributed by atoms with van der Waals surface area (Å²) in [7, 11) is 2.17. The molecule has 164 valence electrons. The highest BCUT2D eigenvalue weighted by molar-refractivity contribution is 5.79. The van der Waals surface area contributed by atoms with E-state index >= 15 is 0 Å². The number of benzene rings is 1. The van der Waals surface area contributed by atoms with Crippen LogP contribution in [0.1, 0.15) is 37.3 Å². The minimum absolute atomic E-state index is 0.0514. The zero-order chi connectivity index (χ0) is 21.1. The number of guanidine groups is 1. The van der Waals surface area contributed by atoms with Gasteiger partial charge >= 0.3 is 6.18 Å². The molecule has 1 fully saturated rings. The molecule has 0 spiro atoms. The van der Waals surface area contributed by atoms with Crippen molar-refractivity contribution in [3.05, 3.63) is 35.4 Å². The highest BCUT2D eigenvalue weighted by Crippen LogP contribution is 2.18. The molecular formula is C21H33F3N4O. The van der Waals surface area contributed by atoms with Crippen LogP contribution in [-0.2, 0) is 17.9 Å². The first-order chi connectivity index (χ1) is 13.9. The first-order valence-electron chi connectivity index (χ1n) is 10.3. The molecule has 0 radical (unpaired) electrons. The standard InChI is InChI=1S/C21H33F3N4O/c1-3-25-20(26-11-8-17-9-12-28(2)13-10-17)27-14-18-4-6-19(7-5-18)15-29-16-21(22,23)24/h4-7,17H,3,8-16H2,1-2H3,(H2,25,26,27). The summed E-state index contributed by atoms with van der Waals surface area (Å²) in [5, 5.41) is 6.66. The molecule has 1 aliphatic heterocycles. The van der Waals surface area contributed by atoms with Crippen LogP contribution in [0.4, 0.5) is 13.2 Å². The minimum Gasteiger partial charge on any atom is -0.367 e. The van der Waals surface area contributed by atoms with E-state index in [0.717, 1.165) is 37.0 Å². The average molecular weight is 415 g/mol. The Kier molecular flexibility index (Phi) is 9.73. The van der Waals surface area contributed by atoms with Gasteiger partial charge in [-0.1, -0.05) is 24.3 Å². The van der Waals surface area contributed by atoms with Crippen LogP contribution < -0.4 is 10.6 Å². The molecule has 0 aromatic heterocycles. The van der Waals surface area contributed by atoms with Crippen molar-refractivity contribution < 1.29 is 17.9 Å². The molecule has 0 saturated carbocycles. The van der Waals surface area contributed by atoms with Crippen molar-refractivity contribution in [3.63, 3.8) is 0 Å². The maximum Gasteiger partial charge on any atom is 0.411 e. The molecule has 1 heterocycles. The lowest BCUT2D eigenvalue weighted by Gasteiger charge is -2.29. The molecule has 2 N–H and O–H groups in total. The number of nitrogens with zero attached hydrogens (tertiary/aromatic N) is 2. The maximum absolute atomic E-state index is 12.1. The number of hydrogen-bond acceptors (Lipinski definition) is 3. The summed E-state index contributed by atoms with van der Waals surface area (Å²) in [6.45, 7) is 5.30. The normalized spacial score (nSPS) is 16.8. The zero-order valence-electron chi connectivity index (χ0n) is 17.4. The van der Waals surface area contributed by atoms with E-state index in [1.807, 2.05) is 19.1 Å². The molecular weight excluding hydrogens is 381 g/mol. The summed E-state index contributed by atoms with van der Waals surface area (Å²) >= 11 is 0. The van der Waals surface area contributed by atoms with Crippen molar-refractivity contribution in [2.75, 3.05) is 39.8 Å². The van der Waals surface area contributed by atoms with Crippen LogP contribution in [0.2, 0.25) is 0 Å². The smallest absolute Gasteiger partial charge is 0.367 e. The molecule has 0 amide bonds. The van der Waals surface area contributed by atoms with Crippen LogP contribution in [0.5, 0.6) is 0 Å². The predicted octanol–water partition coefficient (Wildman–Crippen LogP) is 3.55. The van der Waals surface area contributed by atoms with Crippen LogP contribution in [0, 0.1) is 5.92 Å². The Morgan fingerprint density at radius 2 is 1.79 bits per heavy atom. The summed E-state index contributed by atoms with van der Waals surface area (Å²) in [6.07, 6.45) is -0.641. The van der Waals surface area contributed by atoms with Crippen LogP contribution in [-0.4, -0.2) is 56.9 Å². The van der Waals surface area contributed by atoms with E-state index in [1.165, 1.54) is 25.9 Å². The predicted molar refractivity (Wildman–Crippen MR) is 110 cm³/mol. The monoisotopic (exact) mass is 414 g/mol. The number of hydrogen-bond donors (Lipinski definition) is 2. The number of likely N-dealkylation sites (tertiary alicyclic amines) is 1.